The van der Waals surface area contributed by atoms with Crippen molar-refractivity contribution in [1.29, 1.82) is 0 Å². The summed E-state index contributed by atoms with van der Waals surface area (Å²) in [7, 11) is 0. The van der Waals surface area contributed by atoms with Crippen molar-refractivity contribution < 1.29 is 9.53 Å². The summed E-state index contributed by atoms with van der Waals surface area (Å²) in [6.07, 6.45) is 7.64. The molecule has 0 saturated heterocycles. The maximum Gasteiger partial charge on any atom is 0.330 e. The highest BCUT2D eigenvalue weighted by molar-refractivity contribution is 5.81. The van der Waals surface area contributed by atoms with Crippen LogP contribution in [0.15, 0.2) is 12.2 Å². The molecule has 0 bridgehead atoms. The second-order valence-corrected chi connectivity index (χ2v) is 4.42. The standard InChI is InChI=1S/C13H24O2/c1-5-6-7-8-9-13(14)15-12(4)10-11(2)3/h8-9,11-12H,5-7,10H2,1-4H3/b9-8+. The van der Waals surface area contributed by atoms with Gasteiger partial charge in [-0.05, 0) is 25.7 Å². The third-order valence-corrected chi connectivity index (χ3v) is 2.10. The molecule has 15 heavy (non-hydrogen) atoms. The predicted octanol–water partition coefficient (Wildman–Crippen LogP) is 3.71. The van der Waals surface area contributed by atoms with Gasteiger partial charge in [0.1, 0.15) is 0 Å². The number of unbranched alkanes of at least 4 members (excludes halogenated alkanes) is 2. The second kappa shape index (κ2) is 8.51. The largest absolute Gasteiger partial charge is 0.460 e. The van der Waals surface area contributed by atoms with Crippen LogP contribution in [0.5, 0.6) is 0 Å². The number of carbonyl (C=O) groups excluding carboxylic acids is 1. The molecule has 0 spiro atoms. The maximum atomic E-state index is 11.3. The van der Waals surface area contributed by atoms with Gasteiger partial charge in [0.25, 0.3) is 0 Å². The summed E-state index contributed by atoms with van der Waals surface area (Å²) in [5.74, 6) is 0.358. The number of esters is 1. The van der Waals surface area contributed by atoms with Gasteiger partial charge in [-0.2, -0.15) is 0 Å². The molecule has 0 N–H and O–H groups in total. The fourth-order valence-corrected chi connectivity index (χ4v) is 1.45. The lowest BCUT2D eigenvalue weighted by atomic mass is 10.1. The Morgan fingerprint density at radius 1 is 1.33 bits per heavy atom. The molecule has 0 aliphatic heterocycles. The van der Waals surface area contributed by atoms with Crippen LogP contribution in [0, 0.1) is 5.92 Å². The Hall–Kier alpha value is -0.790. The minimum absolute atomic E-state index is 0.0216. The summed E-state index contributed by atoms with van der Waals surface area (Å²) in [6, 6.07) is 0. The number of hydrogen-bond acceptors (Lipinski definition) is 2. The Balaban J connectivity index is 3.68. The van der Waals surface area contributed by atoms with Gasteiger partial charge in [-0.15, -0.1) is 0 Å². The monoisotopic (exact) mass is 212 g/mol. The second-order valence-electron chi connectivity index (χ2n) is 4.42. The minimum Gasteiger partial charge on any atom is -0.460 e. The number of hydrogen-bond donors (Lipinski definition) is 0. The fraction of sp³-hybridized carbons (Fsp3) is 0.769. The van der Waals surface area contributed by atoms with Crippen LogP contribution in [0.1, 0.15) is 53.4 Å². The van der Waals surface area contributed by atoms with Crippen molar-refractivity contribution in [1.82, 2.24) is 0 Å². The van der Waals surface area contributed by atoms with Crippen LogP contribution in [0.25, 0.3) is 0 Å². The molecule has 0 rings (SSSR count). The highest BCUT2D eigenvalue weighted by atomic mass is 16.5. The number of allylic oxidation sites excluding steroid dienone is 1. The molecule has 0 radical (unpaired) electrons. The molecule has 0 fully saturated rings. The van der Waals surface area contributed by atoms with Crippen LogP contribution in [0.2, 0.25) is 0 Å². The average Bonchev–Trinajstić information content (AvgIpc) is 2.10. The van der Waals surface area contributed by atoms with Crippen LogP contribution in [0.4, 0.5) is 0 Å². The summed E-state index contributed by atoms with van der Waals surface area (Å²) in [5, 5.41) is 0. The van der Waals surface area contributed by atoms with Crippen molar-refractivity contribution in [3.63, 3.8) is 0 Å². The predicted molar refractivity (Wildman–Crippen MR) is 63.7 cm³/mol. The zero-order valence-corrected chi connectivity index (χ0v) is 10.5. The SMILES string of the molecule is CCCC/C=C/C(=O)OC(C)CC(C)C. The van der Waals surface area contributed by atoms with E-state index in [4.69, 9.17) is 4.74 Å². The van der Waals surface area contributed by atoms with Crippen LogP contribution in [-0.2, 0) is 9.53 Å². The Morgan fingerprint density at radius 3 is 2.53 bits per heavy atom. The van der Waals surface area contributed by atoms with Gasteiger partial charge in [0.05, 0.1) is 6.10 Å². The maximum absolute atomic E-state index is 11.3. The van der Waals surface area contributed by atoms with Gasteiger partial charge in [0.2, 0.25) is 0 Å². The van der Waals surface area contributed by atoms with Gasteiger partial charge in [0.15, 0.2) is 0 Å². The minimum atomic E-state index is -0.209. The molecule has 0 amide bonds. The van der Waals surface area contributed by atoms with Gasteiger partial charge in [-0.3, -0.25) is 0 Å². The fourth-order valence-electron chi connectivity index (χ4n) is 1.45. The Morgan fingerprint density at radius 2 is 2.00 bits per heavy atom. The zero-order chi connectivity index (χ0) is 11.7. The van der Waals surface area contributed by atoms with Crippen LogP contribution >= 0.6 is 0 Å². The lowest BCUT2D eigenvalue weighted by Crippen LogP contribution is -2.15. The van der Waals surface area contributed by atoms with Crippen LogP contribution < -0.4 is 0 Å². The van der Waals surface area contributed by atoms with E-state index < -0.39 is 0 Å². The number of ether oxygens (including phenoxy) is 1. The lowest BCUT2D eigenvalue weighted by molar-refractivity contribution is -0.142. The van der Waals surface area contributed by atoms with E-state index in [1.807, 2.05) is 13.0 Å². The molecule has 0 aliphatic carbocycles. The van der Waals surface area contributed by atoms with Gasteiger partial charge >= 0.3 is 5.97 Å². The molecule has 0 aromatic carbocycles. The molecular formula is C13H24O2. The summed E-state index contributed by atoms with van der Waals surface area (Å²) in [6.45, 7) is 8.33. The number of rotatable bonds is 7. The molecule has 88 valence electrons. The molecule has 2 heteroatoms. The summed E-state index contributed by atoms with van der Waals surface area (Å²) < 4.78 is 5.22. The third-order valence-electron chi connectivity index (χ3n) is 2.10. The van der Waals surface area contributed by atoms with E-state index in [1.54, 1.807) is 6.08 Å². The van der Waals surface area contributed by atoms with Gasteiger partial charge < -0.3 is 4.74 Å². The number of carbonyl (C=O) groups is 1. The molecule has 1 unspecified atom stereocenters. The van der Waals surface area contributed by atoms with Gasteiger partial charge in [-0.25, -0.2) is 4.79 Å². The molecule has 0 aromatic rings. The lowest BCUT2D eigenvalue weighted by Gasteiger charge is -2.13. The molecular weight excluding hydrogens is 188 g/mol. The van der Waals surface area contributed by atoms with Crippen molar-refractivity contribution in [2.75, 3.05) is 0 Å². The molecule has 0 aromatic heterocycles. The molecule has 1 atom stereocenters. The van der Waals surface area contributed by atoms with E-state index in [2.05, 4.69) is 20.8 Å². The topological polar surface area (TPSA) is 26.3 Å². The average molecular weight is 212 g/mol. The molecule has 0 aliphatic rings. The first kappa shape index (κ1) is 14.2. The van der Waals surface area contributed by atoms with Gasteiger partial charge in [0, 0.05) is 6.08 Å². The van der Waals surface area contributed by atoms with E-state index in [0.29, 0.717) is 5.92 Å². The Kier molecular flexibility index (Phi) is 8.06. The highest BCUT2D eigenvalue weighted by Crippen LogP contribution is 2.07. The van der Waals surface area contributed by atoms with E-state index in [0.717, 1.165) is 25.7 Å². The van der Waals surface area contributed by atoms with E-state index >= 15 is 0 Å². The highest BCUT2D eigenvalue weighted by Gasteiger charge is 2.08. The van der Waals surface area contributed by atoms with E-state index in [1.165, 1.54) is 0 Å². The summed E-state index contributed by atoms with van der Waals surface area (Å²) >= 11 is 0. The van der Waals surface area contributed by atoms with Gasteiger partial charge in [-0.1, -0.05) is 39.7 Å². The van der Waals surface area contributed by atoms with Crippen molar-refractivity contribution in [3.05, 3.63) is 12.2 Å². The Bertz CT molecular complexity index is 195. The van der Waals surface area contributed by atoms with Crippen molar-refractivity contribution in [2.24, 2.45) is 5.92 Å². The van der Waals surface area contributed by atoms with Crippen LogP contribution in [-0.4, -0.2) is 12.1 Å². The summed E-state index contributed by atoms with van der Waals surface area (Å²) in [4.78, 5) is 11.3. The van der Waals surface area contributed by atoms with Crippen LogP contribution in [0.3, 0.4) is 0 Å². The van der Waals surface area contributed by atoms with Crippen molar-refractivity contribution in [3.8, 4) is 0 Å². The van der Waals surface area contributed by atoms with E-state index in [-0.39, 0.29) is 12.1 Å². The smallest absolute Gasteiger partial charge is 0.330 e. The normalized spacial score (nSPS) is 13.4. The summed E-state index contributed by atoms with van der Waals surface area (Å²) in [5.41, 5.74) is 0. The molecule has 0 heterocycles. The quantitative estimate of drug-likeness (QED) is 0.365. The first-order valence-electron chi connectivity index (χ1n) is 5.93. The van der Waals surface area contributed by atoms with Crippen molar-refractivity contribution in [2.45, 2.75) is 59.5 Å². The molecule has 2 nitrogen and oxygen atoms in total. The first-order valence-corrected chi connectivity index (χ1v) is 5.93. The zero-order valence-electron chi connectivity index (χ0n) is 10.5. The van der Waals surface area contributed by atoms with Crippen molar-refractivity contribution >= 4 is 5.97 Å². The molecule has 0 saturated carbocycles. The third kappa shape index (κ3) is 9.51. The first-order chi connectivity index (χ1) is 7.06. The Labute approximate surface area is 93.7 Å². The van der Waals surface area contributed by atoms with E-state index in [9.17, 15) is 4.79 Å².